The molecular formula is C21H22ClNO3. The van der Waals surface area contributed by atoms with Crippen LogP contribution in [0.5, 0.6) is 5.75 Å². The molecule has 26 heavy (non-hydrogen) atoms. The molecule has 0 radical (unpaired) electrons. The minimum Gasteiger partial charge on any atom is -0.497 e. The van der Waals surface area contributed by atoms with E-state index in [2.05, 4.69) is 0 Å². The van der Waals surface area contributed by atoms with Gasteiger partial charge in [0.25, 0.3) is 0 Å². The highest BCUT2D eigenvalue weighted by molar-refractivity contribution is 6.30. The quantitative estimate of drug-likeness (QED) is 0.816. The number of carbonyl (C=O) groups excluding carboxylic acids is 1. The highest BCUT2D eigenvalue weighted by Gasteiger charge is 2.53. The number of halogens is 1. The van der Waals surface area contributed by atoms with Crippen LogP contribution in [0.15, 0.2) is 48.5 Å². The number of benzene rings is 2. The molecule has 2 fully saturated rings. The number of hydrogen-bond donors (Lipinski definition) is 0. The number of amides is 1. The lowest BCUT2D eigenvalue weighted by atomic mass is 9.93. The van der Waals surface area contributed by atoms with Gasteiger partial charge >= 0.3 is 0 Å². The van der Waals surface area contributed by atoms with Gasteiger partial charge in [0, 0.05) is 11.6 Å². The fourth-order valence-corrected chi connectivity index (χ4v) is 3.91. The molecule has 0 aromatic heterocycles. The molecule has 136 valence electrons. The number of ether oxygens (including phenoxy) is 2. The van der Waals surface area contributed by atoms with E-state index in [4.69, 9.17) is 21.1 Å². The molecule has 1 heterocycles. The number of methoxy groups -OCH3 is 1. The lowest BCUT2D eigenvalue weighted by Gasteiger charge is -2.35. The molecule has 1 aliphatic carbocycles. The minimum absolute atomic E-state index is 0.127. The maximum absolute atomic E-state index is 13.3. The van der Waals surface area contributed by atoms with Crippen molar-refractivity contribution >= 4 is 17.5 Å². The molecule has 1 amide bonds. The summed E-state index contributed by atoms with van der Waals surface area (Å²) in [6.45, 7) is 1.73. The van der Waals surface area contributed by atoms with E-state index >= 15 is 0 Å². The molecule has 0 spiro atoms. The van der Waals surface area contributed by atoms with Crippen molar-refractivity contribution in [3.63, 3.8) is 0 Å². The molecule has 5 heteroatoms. The Labute approximate surface area is 158 Å². The molecule has 2 aromatic carbocycles. The topological polar surface area (TPSA) is 38.8 Å². The Morgan fingerprint density at radius 2 is 2.04 bits per heavy atom. The van der Waals surface area contributed by atoms with E-state index in [1.54, 1.807) is 7.11 Å². The Morgan fingerprint density at radius 1 is 1.23 bits per heavy atom. The fourth-order valence-electron chi connectivity index (χ4n) is 3.72. The zero-order valence-electron chi connectivity index (χ0n) is 14.8. The number of carbonyl (C=O) groups is 1. The first-order chi connectivity index (χ1) is 12.6. The zero-order chi connectivity index (χ0) is 18.1. The van der Waals surface area contributed by atoms with Crippen LogP contribution in [0.4, 0.5) is 0 Å². The lowest BCUT2D eigenvalue weighted by molar-refractivity contribution is -0.141. The van der Waals surface area contributed by atoms with E-state index < -0.39 is 5.41 Å². The van der Waals surface area contributed by atoms with E-state index in [-0.39, 0.29) is 12.0 Å². The van der Waals surface area contributed by atoms with E-state index in [1.165, 1.54) is 0 Å². The zero-order valence-corrected chi connectivity index (χ0v) is 15.5. The summed E-state index contributed by atoms with van der Waals surface area (Å²) < 4.78 is 11.2. The minimum atomic E-state index is -0.402. The molecule has 2 aromatic rings. The van der Waals surface area contributed by atoms with Gasteiger partial charge in [0.15, 0.2) is 0 Å². The predicted octanol–water partition coefficient (Wildman–Crippen LogP) is 3.98. The van der Waals surface area contributed by atoms with Gasteiger partial charge in [0.1, 0.15) is 11.9 Å². The van der Waals surface area contributed by atoms with Gasteiger partial charge < -0.3 is 14.4 Å². The molecule has 1 saturated carbocycles. The van der Waals surface area contributed by atoms with Crippen LogP contribution in [0.25, 0.3) is 0 Å². The third-order valence-electron chi connectivity index (χ3n) is 5.36. The largest absolute Gasteiger partial charge is 0.497 e. The maximum Gasteiger partial charge on any atom is 0.233 e. The molecule has 1 atom stereocenters. The van der Waals surface area contributed by atoms with Crippen LogP contribution in [0.3, 0.4) is 0 Å². The van der Waals surface area contributed by atoms with Gasteiger partial charge in [-0.25, -0.2) is 0 Å². The lowest BCUT2D eigenvalue weighted by Crippen LogP contribution is -2.46. The summed E-state index contributed by atoms with van der Waals surface area (Å²) in [7, 11) is 1.65. The van der Waals surface area contributed by atoms with Crippen LogP contribution in [0.1, 0.15) is 30.1 Å². The summed E-state index contributed by atoms with van der Waals surface area (Å²) in [5, 5.41) is 0.679. The summed E-state index contributed by atoms with van der Waals surface area (Å²) in [6, 6.07) is 15.6. The van der Waals surface area contributed by atoms with Crippen molar-refractivity contribution in [3.05, 3.63) is 64.7 Å². The van der Waals surface area contributed by atoms with Gasteiger partial charge in [-0.05, 0) is 48.2 Å². The normalized spacial score (nSPS) is 21.3. The first-order valence-electron chi connectivity index (χ1n) is 8.93. The van der Waals surface area contributed by atoms with E-state index in [1.807, 2.05) is 53.4 Å². The second kappa shape index (κ2) is 6.93. The van der Waals surface area contributed by atoms with Gasteiger partial charge in [0.2, 0.25) is 5.91 Å². The Hall–Kier alpha value is -2.04. The molecule has 1 saturated heterocycles. The van der Waals surface area contributed by atoms with Gasteiger partial charge in [0.05, 0.1) is 25.7 Å². The Balaban J connectivity index is 1.53. The fraction of sp³-hybridized carbons (Fsp3) is 0.381. The first kappa shape index (κ1) is 17.4. The van der Waals surface area contributed by atoms with Crippen LogP contribution in [-0.4, -0.2) is 37.6 Å². The van der Waals surface area contributed by atoms with Crippen LogP contribution >= 0.6 is 11.6 Å². The van der Waals surface area contributed by atoms with E-state index in [0.29, 0.717) is 24.7 Å². The third kappa shape index (κ3) is 3.19. The summed E-state index contributed by atoms with van der Waals surface area (Å²) in [5.41, 5.74) is 1.66. The molecular weight excluding hydrogens is 350 g/mol. The molecule has 2 aliphatic rings. The average molecular weight is 372 g/mol. The smallest absolute Gasteiger partial charge is 0.233 e. The van der Waals surface area contributed by atoms with E-state index in [9.17, 15) is 4.79 Å². The van der Waals surface area contributed by atoms with Gasteiger partial charge in [-0.15, -0.1) is 0 Å². The van der Waals surface area contributed by atoms with Crippen LogP contribution in [0.2, 0.25) is 5.02 Å². The second-order valence-electron chi connectivity index (χ2n) is 6.98. The average Bonchev–Trinajstić information content (AvgIpc) is 3.49. The highest BCUT2D eigenvalue weighted by Crippen LogP contribution is 2.50. The van der Waals surface area contributed by atoms with Crippen molar-refractivity contribution in [3.8, 4) is 5.75 Å². The van der Waals surface area contributed by atoms with Crippen molar-refractivity contribution in [1.82, 2.24) is 4.90 Å². The monoisotopic (exact) mass is 371 g/mol. The Kier molecular flexibility index (Phi) is 4.63. The summed E-state index contributed by atoms with van der Waals surface area (Å²) in [6.07, 6.45) is 1.64. The van der Waals surface area contributed by atoms with Crippen molar-refractivity contribution < 1.29 is 14.3 Å². The Bertz CT molecular complexity index is 818. The van der Waals surface area contributed by atoms with Gasteiger partial charge in [-0.3, -0.25) is 4.79 Å². The Morgan fingerprint density at radius 3 is 2.77 bits per heavy atom. The van der Waals surface area contributed by atoms with Crippen molar-refractivity contribution in [1.29, 1.82) is 0 Å². The number of hydrogen-bond acceptors (Lipinski definition) is 3. The van der Waals surface area contributed by atoms with Crippen LogP contribution in [-0.2, 0) is 14.9 Å². The molecule has 4 rings (SSSR count). The summed E-state index contributed by atoms with van der Waals surface area (Å²) >= 11 is 6.14. The van der Waals surface area contributed by atoms with Crippen LogP contribution < -0.4 is 4.74 Å². The standard InChI is InChI=1S/C21H22ClNO3/c1-25-18-7-2-4-15(12-18)19-14-23(10-11-26-19)20(24)21(8-9-21)16-5-3-6-17(22)13-16/h2-7,12-13,19H,8-11,14H2,1H3. The number of nitrogens with zero attached hydrogens (tertiary/aromatic N) is 1. The maximum atomic E-state index is 13.3. The number of rotatable bonds is 4. The molecule has 1 aliphatic heterocycles. The molecule has 0 N–H and O–H groups in total. The molecule has 0 bridgehead atoms. The van der Waals surface area contributed by atoms with Gasteiger partial charge in [-0.1, -0.05) is 35.9 Å². The van der Waals surface area contributed by atoms with Crippen molar-refractivity contribution in [2.24, 2.45) is 0 Å². The summed E-state index contributed by atoms with van der Waals surface area (Å²) in [4.78, 5) is 15.2. The predicted molar refractivity (Wildman–Crippen MR) is 101 cm³/mol. The van der Waals surface area contributed by atoms with Crippen LogP contribution in [0, 0.1) is 0 Å². The van der Waals surface area contributed by atoms with Gasteiger partial charge in [-0.2, -0.15) is 0 Å². The third-order valence-corrected chi connectivity index (χ3v) is 5.59. The first-order valence-corrected chi connectivity index (χ1v) is 9.31. The van der Waals surface area contributed by atoms with E-state index in [0.717, 1.165) is 29.7 Å². The van der Waals surface area contributed by atoms with Crippen molar-refractivity contribution in [2.75, 3.05) is 26.8 Å². The summed E-state index contributed by atoms with van der Waals surface area (Å²) in [5.74, 6) is 0.989. The SMILES string of the molecule is COc1cccc(C2CN(C(=O)C3(c4cccc(Cl)c4)CC3)CCO2)c1. The molecule has 4 nitrogen and oxygen atoms in total. The highest BCUT2D eigenvalue weighted by atomic mass is 35.5. The van der Waals surface area contributed by atoms with Crippen molar-refractivity contribution in [2.45, 2.75) is 24.4 Å². The second-order valence-corrected chi connectivity index (χ2v) is 7.42. The molecule has 1 unspecified atom stereocenters. The number of morpholine rings is 1.